The summed E-state index contributed by atoms with van der Waals surface area (Å²) < 4.78 is 46.9. The molecule has 11 heteroatoms. The maximum atomic E-state index is 13.4. The van der Waals surface area contributed by atoms with E-state index in [1.807, 2.05) is 0 Å². The van der Waals surface area contributed by atoms with E-state index in [9.17, 15) is 27.6 Å². The lowest BCUT2D eigenvalue weighted by Crippen LogP contribution is -2.48. The second-order valence-electron chi connectivity index (χ2n) is 8.80. The van der Waals surface area contributed by atoms with Crippen LogP contribution in [0.15, 0.2) is 89.5 Å². The number of alkyl halides is 3. The van der Waals surface area contributed by atoms with E-state index in [0.717, 1.165) is 12.1 Å². The summed E-state index contributed by atoms with van der Waals surface area (Å²) >= 11 is 0. The summed E-state index contributed by atoms with van der Waals surface area (Å²) in [5, 5.41) is 8.94. The Hall–Kier alpha value is -4.93. The van der Waals surface area contributed by atoms with Gasteiger partial charge in [-0.1, -0.05) is 78.0 Å². The number of benzene rings is 3. The number of amides is 2. The summed E-state index contributed by atoms with van der Waals surface area (Å²) in [4.78, 5) is 39.4. The number of aromatic nitrogens is 1. The fourth-order valence-corrected chi connectivity index (χ4v) is 3.99. The normalized spacial score (nSPS) is 11.9. The van der Waals surface area contributed by atoms with Crippen molar-refractivity contribution in [2.45, 2.75) is 32.3 Å². The summed E-state index contributed by atoms with van der Waals surface area (Å²) in [7, 11) is 0. The Morgan fingerprint density at radius 2 is 1.57 bits per heavy atom. The average molecular weight is 552 g/mol. The number of ketones is 1. The molecule has 0 saturated carbocycles. The minimum atomic E-state index is -4.87. The summed E-state index contributed by atoms with van der Waals surface area (Å²) in [6, 6.07) is 21.4. The second kappa shape index (κ2) is 12.3. The number of halogens is 3. The lowest BCUT2D eigenvalue weighted by Gasteiger charge is -2.18. The van der Waals surface area contributed by atoms with E-state index < -0.39 is 35.8 Å². The van der Waals surface area contributed by atoms with Gasteiger partial charge in [0.2, 0.25) is 5.78 Å². The van der Waals surface area contributed by atoms with Gasteiger partial charge in [0, 0.05) is 18.5 Å². The van der Waals surface area contributed by atoms with Crippen LogP contribution in [-0.2, 0) is 22.6 Å². The zero-order chi connectivity index (χ0) is 28.7. The van der Waals surface area contributed by atoms with Crippen molar-refractivity contribution in [1.82, 2.24) is 15.8 Å². The molecule has 0 aliphatic rings. The topological polar surface area (TPSA) is 111 Å². The minimum absolute atomic E-state index is 0.0126. The van der Waals surface area contributed by atoms with Crippen LogP contribution >= 0.6 is 0 Å². The molecule has 8 nitrogen and oxygen atoms in total. The number of carbonyl (C=O) groups excluding carboxylic acids is 3. The molecule has 0 saturated heterocycles. The third-order valence-electron chi connectivity index (χ3n) is 5.84. The lowest BCUT2D eigenvalue weighted by molar-refractivity contribution is -0.274. The molecule has 1 unspecified atom stereocenters. The number of hydrogen-bond acceptors (Lipinski definition) is 6. The number of nitrogens with one attached hydrogen (secondary N) is 2. The molecule has 0 fully saturated rings. The molecule has 1 aromatic heterocycles. The highest BCUT2D eigenvalue weighted by atomic mass is 19.4. The van der Waals surface area contributed by atoms with Crippen molar-refractivity contribution >= 4 is 17.6 Å². The number of hydrogen-bond donors (Lipinski definition) is 2. The summed E-state index contributed by atoms with van der Waals surface area (Å²) in [5.74, 6) is -2.86. The van der Waals surface area contributed by atoms with Crippen LogP contribution in [-0.4, -0.2) is 35.2 Å². The van der Waals surface area contributed by atoms with Crippen LogP contribution in [0.5, 0.6) is 5.75 Å². The van der Waals surface area contributed by atoms with Crippen molar-refractivity contribution in [2.75, 3.05) is 0 Å². The van der Waals surface area contributed by atoms with Gasteiger partial charge in [-0.3, -0.25) is 14.4 Å². The highest BCUT2D eigenvalue weighted by Crippen LogP contribution is 2.26. The fraction of sp³-hybridized carbons (Fsp3) is 0.172. The first-order valence-electron chi connectivity index (χ1n) is 12.1. The van der Waals surface area contributed by atoms with Gasteiger partial charge in [0.15, 0.2) is 5.76 Å². The van der Waals surface area contributed by atoms with E-state index in [0.29, 0.717) is 16.8 Å². The molecule has 40 heavy (non-hydrogen) atoms. The van der Waals surface area contributed by atoms with Gasteiger partial charge in [-0.25, -0.2) is 0 Å². The van der Waals surface area contributed by atoms with E-state index in [1.165, 1.54) is 12.1 Å². The van der Waals surface area contributed by atoms with Crippen LogP contribution in [0.3, 0.4) is 0 Å². The lowest BCUT2D eigenvalue weighted by atomic mass is 10.00. The zero-order valence-corrected chi connectivity index (χ0v) is 21.2. The van der Waals surface area contributed by atoms with Gasteiger partial charge in [-0.2, -0.15) is 0 Å². The molecule has 1 heterocycles. The molecule has 0 bridgehead atoms. The Labute approximate surface area is 227 Å². The van der Waals surface area contributed by atoms with Crippen molar-refractivity contribution in [3.05, 3.63) is 107 Å². The van der Waals surface area contributed by atoms with Crippen LogP contribution in [0.4, 0.5) is 13.2 Å². The van der Waals surface area contributed by atoms with Crippen molar-refractivity contribution in [3.63, 3.8) is 0 Å². The second-order valence-corrected chi connectivity index (χ2v) is 8.80. The standard InChI is InChI=1S/C29H24F3N3O5/c1-18-24(26(40-35-18)21-12-6-3-7-13-21)27(37)34-23(16-19-9-4-2-5-10-19)25(36)28(38)33-17-20-11-8-14-22(15-20)39-29(30,31)32/h2-15,23H,16-17H2,1H3,(H,33,38)(H,34,37). The molecule has 4 aromatic rings. The van der Waals surface area contributed by atoms with Gasteiger partial charge in [-0.05, 0) is 30.2 Å². The van der Waals surface area contributed by atoms with Gasteiger partial charge in [0.05, 0.1) is 5.69 Å². The van der Waals surface area contributed by atoms with Gasteiger partial charge in [0.1, 0.15) is 17.4 Å². The summed E-state index contributed by atoms with van der Waals surface area (Å²) in [6.45, 7) is 1.34. The Morgan fingerprint density at radius 3 is 2.25 bits per heavy atom. The number of ether oxygens (including phenoxy) is 1. The SMILES string of the molecule is Cc1noc(-c2ccccc2)c1C(=O)NC(Cc1ccccc1)C(=O)C(=O)NCc1cccc(OC(F)(F)F)c1. The fourth-order valence-electron chi connectivity index (χ4n) is 3.99. The monoisotopic (exact) mass is 551 g/mol. The van der Waals surface area contributed by atoms with Crippen LogP contribution < -0.4 is 15.4 Å². The smallest absolute Gasteiger partial charge is 0.406 e. The molecule has 3 aromatic carbocycles. The Bertz CT molecular complexity index is 1490. The number of nitrogens with zero attached hydrogens (tertiary/aromatic N) is 1. The molecule has 206 valence electrons. The third-order valence-corrected chi connectivity index (χ3v) is 5.84. The predicted octanol–water partition coefficient (Wildman–Crippen LogP) is 4.78. The number of aryl methyl sites for hydroxylation is 1. The van der Waals surface area contributed by atoms with E-state index in [1.54, 1.807) is 67.6 Å². The van der Waals surface area contributed by atoms with Crippen LogP contribution in [0, 0.1) is 6.92 Å². The van der Waals surface area contributed by atoms with Crippen molar-refractivity contribution in [3.8, 4) is 17.1 Å². The predicted molar refractivity (Wildman–Crippen MR) is 138 cm³/mol. The molecule has 1 atom stereocenters. The maximum Gasteiger partial charge on any atom is 0.573 e. The molecule has 0 spiro atoms. The van der Waals surface area contributed by atoms with Gasteiger partial charge in [0.25, 0.3) is 11.8 Å². The molecule has 0 radical (unpaired) electrons. The number of carbonyl (C=O) groups is 3. The number of Topliss-reactive ketones (excluding diaryl/α,β-unsaturated/α-hetero) is 1. The van der Waals surface area contributed by atoms with Crippen molar-refractivity contribution in [2.24, 2.45) is 0 Å². The van der Waals surface area contributed by atoms with E-state index >= 15 is 0 Å². The minimum Gasteiger partial charge on any atom is -0.406 e. The van der Waals surface area contributed by atoms with Gasteiger partial charge >= 0.3 is 6.36 Å². The molecule has 0 aliphatic carbocycles. The van der Waals surface area contributed by atoms with Gasteiger partial charge in [-0.15, -0.1) is 13.2 Å². The summed E-state index contributed by atoms with van der Waals surface area (Å²) in [6.07, 6.45) is -4.86. The Morgan fingerprint density at radius 1 is 0.925 bits per heavy atom. The van der Waals surface area contributed by atoms with Crippen LogP contribution in [0.1, 0.15) is 27.2 Å². The first-order chi connectivity index (χ1) is 19.1. The average Bonchev–Trinajstić information content (AvgIpc) is 3.32. The maximum absolute atomic E-state index is 13.4. The van der Waals surface area contributed by atoms with Gasteiger partial charge < -0.3 is 19.9 Å². The highest BCUT2D eigenvalue weighted by Gasteiger charge is 2.32. The Balaban J connectivity index is 1.51. The number of rotatable bonds is 10. The van der Waals surface area contributed by atoms with E-state index in [2.05, 4.69) is 20.5 Å². The molecule has 4 rings (SSSR count). The van der Waals surface area contributed by atoms with E-state index in [-0.39, 0.29) is 29.9 Å². The molecule has 2 amide bonds. The van der Waals surface area contributed by atoms with Crippen LogP contribution in [0.25, 0.3) is 11.3 Å². The third kappa shape index (κ3) is 7.34. The largest absolute Gasteiger partial charge is 0.573 e. The summed E-state index contributed by atoms with van der Waals surface area (Å²) in [5.41, 5.74) is 2.00. The van der Waals surface area contributed by atoms with Crippen molar-refractivity contribution in [1.29, 1.82) is 0 Å². The van der Waals surface area contributed by atoms with Crippen molar-refractivity contribution < 1.29 is 36.8 Å². The zero-order valence-electron chi connectivity index (χ0n) is 21.2. The Kier molecular flexibility index (Phi) is 8.63. The molecular formula is C29H24F3N3O5. The first kappa shape index (κ1) is 28.1. The highest BCUT2D eigenvalue weighted by molar-refractivity contribution is 6.38. The quantitative estimate of drug-likeness (QED) is 0.275. The van der Waals surface area contributed by atoms with E-state index in [4.69, 9.17) is 4.52 Å². The molecular weight excluding hydrogens is 527 g/mol. The molecule has 0 aliphatic heterocycles. The molecule has 2 N–H and O–H groups in total. The van der Waals surface area contributed by atoms with Crippen LogP contribution in [0.2, 0.25) is 0 Å². The first-order valence-corrected chi connectivity index (χ1v) is 12.1.